The average Bonchev–Trinajstić information content (AvgIpc) is 2.46. The predicted molar refractivity (Wildman–Crippen MR) is 108 cm³/mol. The first-order chi connectivity index (χ1) is 9.95. The Labute approximate surface area is 147 Å². The van der Waals surface area contributed by atoms with Gasteiger partial charge in [0.05, 0.1) is 0 Å². The molecule has 0 aromatic heterocycles. The second-order valence-corrected chi connectivity index (χ2v) is 38.9. The van der Waals surface area contributed by atoms with Crippen molar-refractivity contribution >= 4 is 65.5 Å². The van der Waals surface area contributed by atoms with E-state index in [1.54, 1.807) is 0 Å². The quantitative estimate of drug-likeness (QED) is 0.412. The van der Waals surface area contributed by atoms with Gasteiger partial charge >= 0.3 is 149 Å². The minimum atomic E-state index is -2.64. The van der Waals surface area contributed by atoms with Crippen molar-refractivity contribution in [1.82, 2.24) is 0 Å². The molecule has 1 nitrogen and oxygen atoms in total. The monoisotopic (exact) mass is 537 g/mol. The SMILES string of the molecule is CCSC[CH2][Sn]([Br])([Br])[c]1cc2ccccc2cc1C(C)N. The standard InChI is InChI=1S/C12H12N.C4H9S.2BrH.Sn/c1-9(13)11-7-6-10-4-2-3-5-12(10)8-11;1-3-5-4-2;;;/h2-6,8-9H,13H2,1H3;1,3-4H2,2H3;2*1H;/q;;;;+2/p-2. The van der Waals surface area contributed by atoms with Crippen LogP contribution in [-0.4, -0.2) is 25.4 Å². The minimum absolute atomic E-state index is 0.0645. The maximum absolute atomic E-state index is 6.24. The average molecular weight is 538 g/mol. The van der Waals surface area contributed by atoms with Gasteiger partial charge < -0.3 is 0 Å². The fraction of sp³-hybridized carbons (Fsp3) is 0.375. The Bertz CT molecular complexity index is 616. The van der Waals surface area contributed by atoms with Gasteiger partial charge in [0.25, 0.3) is 0 Å². The van der Waals surface area contributed by atoms with E-state index in [4.69, 9.17) is 5.73 Å². The van der Waals surface area contributed by atoms with Crippen LogP contribution >= 0.6 is 37.2 Å². The van der Waals surface area contributed by atoms with Crippen LogP contribution < -0.4 is 9.31 Å². The van der Waals surface area contributed by atoms with Crippen molar-refractivity contribution in [2.75, 3.05) is 11.5 Å². The topological polar surface area (TPSA) is 26.0 Å². The van der Waals surface area contributed by atoms with Crippen LogP contribution in [-0.2, 0) is 0 Å². The third-order valence-corrected chi connectivity index (χ3v) is 22.5. The first kappa shape index (κ1) is 18.1. The summed E-state index contributed by atoms with van der Waals surface area (Å²) in [5.74, 6) is 2.38. The van der Waals surface area contributed by atoms with E-state index in [1.165, 1.54) is 35.9 Å². The van der Waals surface area contributed by atoms with Gasteiger partial charge in [-0.2, -0.15) is 0 Å². The van der Waals surface area contributed by atoms with E-state index in [0.717, 1.165) is 0 Å². The predicted octanol–water partition coefficient (Wildman–Crippen LogP) is 5.05. The molecule has 0 radical (unpaired) electrons. The van der Waals surface area contributed by atoms with Crippen LogP contribution in [0.1, 0.15) is 25.5 Å². The molecule has 2 N–H and O–H groups in total. The fourth-order valence-corrected chi connectivity index (χ4v) is 21.5. The van der Waals surface area contributed by atoms with Crippen LogP contribution in [0.5, 0.6) is 0 Å². The van der Waals surface area contributed by atoms with Crippen molar-refractivity contribution in [3.05, 3.63) is 42.0 Å². The molecule has 1 atom stereocenters. The zero-order chi connectivity index (χ0) is 15.5. The second-order valence-electron chi connectivity index (χ2n) is 5.23. The summed E-state index contributed by atoms with van der Waals surface area (Å²) >= 11 is 7.54. The Morgan fingerprint density at radius 3 is 2.38 bits per heavy atom. The Morgan fingerprint density at radius 1 is 1.19 bits per heavy atom. The van der Waals surface area contributed by atoms with Crippen molar-refractivity contribution in [2.24, 2.45) is 5.73 Å². The van der Waals surface area contributed by atoms with E-state index in [2.05, 4.69) is 75.7 Å². The third kappa shape index (κ3) is 4.63. The molecule has 0 amide bonds. The van der Waals surface area contributed by atoms with E-state index in [-0.39, 0.29) is 6.04 Å². The van der Waals surface area contributed by atoms with Crippen LogP contribution in [0.2, 0.25) is 4.44 Å². The second kappa shape index (κ2) is 8.04. The summed E-state index contributed by atoms with van der Waals surface area (Å²) in [7, 11) is 0. The van der Waals surface area contributed by atoms with E-state index >= 15 is 0 Å². The number of rotatable bonds is 6. The van der Waals surface area contributed by atoms with Crippen LogP contribution in [0.15, 0.2) is 36.4 Å². The number of halogens is 2. The molecule has 0 aliphatic rings. The summed E-state index contributed by atoms with van der Waals surface area (Å²) in [6, 6.07) is 13.2. The van der Waals surface area contributed by atoms with Crippen molar-refractivity contribution in [3.63, 3.8) is 0 Å². The zero-order valence-corrected chi connectivity index (χ0v) is 19.2. The molecular formula is C16H21Br2NSSn. The summed E-state index contributed by atoms with van der Waals surface area (Å²) in [4.78, 5) is 0. The van der Waals surface area contributed by atoms with Crippen molar-refractivity contribution < 1.29 is 0 Å². The number of nitrogens with two attached hydrogens (primary N) is 1. The Balaban J connectivity index is 2.47. The molecule has 2 aromatic rings. The molecule has 0 aliphatic carbocycles. The normalized spacial score (nSPS) is 13.6. The first-order valence-corrected chi connectivity index (χ1v) is 24.6. The summed E-state index contributed by atoms with van der Waals surface area (Å²) in [6.07, 6.45) is 0. The van der Waals surface area contributed by atoms with Gasteiger partial charge in [0, 0.05) is 0 Å². The Morgan fingerprint density at radius 2 is 1.81 bits per heavy atom. The van der Waals surface area contributed by atoms with Gasteiger partial charge in [0.2, 0.25) is 0 Å². The van der Waals surface area contributed by atoms with Crippen LogP contribution in [0.4, 0.5) is 0 Å². The summed E-state index contributed by atoms with van der Waals surface area (Å²) in [6.45, 7) is 4.30. The van der Waals surface area contributed by atoms with Gasteiger partial charge in [0.1, 0.15) is 0 Å². The van der Waals surface area contributed by atoms with E-state index in [0.29, 0.717) is 0 Å². The number of thioether (sulfide) groups is 1. The molecule has 2 aromatic carbocycles. The molecule has 0 saturated heterocycles. The van der Waals surface area contributed by atoms with Gasteiger partial charge in [-0.05, 0) is 0 Å². The molecule has 0 spiro atoms. The molecule has 114 valence electrons. The molecular weight excluding hydrogens is 517 g/mol. The number of hydrogen-bond acceptors (Lipinski definition) is 2. The van der Waals surface area contributed by atoms with Gasteiger partial charge in [-0.25, -0.2) is 0 Å². The molecule has 5 heteroatoms. The zero-order valence-electron chi connectivity index (χ0n) is 12.4. The molecule has 0 aliphatic heterocycles. The van der Waals surface area contributed by atoms with Gasteiger partial charge in [0.15, 0.2) is 0 Å². The van der Waals surface area contributed by atoms with Crippen LogP contribution in [0.25, 0.3) is 10.8 Å². The van der Waals surface area contributed by atoms with Crippen molar-refractivity contribution in [1.29, 1.82) is 0 Å². The third-order valence-electron chi connectivity index (χ3n) is 3.57. The van der Waals surface area contributed by atoms with E-state index in [9.17, 15) is 0 Å². The van der Waals surface area contributed by atoms with E-state index < -0.39 is 13.9 Å². The van der Waals surface area contributed by atoms with Gasteiger partial charge in [-0.1, -0.05) is 0 Å². The first-order valence-electron chi connectivity index (χ1n) is 7.20. The molecule has 21 heavy (non-hydrogen) atoms. The van der Waals surface area contributed by atoms with Gasteiger partial charge in [-0.15, -0.1) is 0 Å². The molecule has 0 saturated carbocycles. The summed E-state index contributed by atoms with van der Waals surface area (Å²) in [5.41, 5.74) is 7.54. The molecule has 2 rings (SSSR count). The number of fused-ring (bicyclic) bond motifs is 1. The number of benzene rings is 2. The van der Waals surface area contributed by atoms with Crippen LogP contribution in [0.3, 0.4) is 0 Å². The summed E-state index contributed by atoms with van der Waals surface area (Å²) in [5, 5.41) is 2.58. The number of hydrogen-bond donors (Lipinski definition) is 1. The molecule has 0 fully saturated rings. The van der Waals surface area contributed by atoms with Crippen molar-refractivity contribution in [3.8, 4) is 0 Å². The molecule has 1 unspecified atom stereocenters. The molecule has 0 bridgehead atoms. The van der Waals surface area contributed by atoms with Crippen LogP contribution in [0, 0.1) is 0 Å². The molecule has 0 heterocycles. The maximum atomic E-state index is 6.24. The van der Waals surface area contributed by atoms with Gasteiger partial charge in [-0.3, -0.25) is 0 Å². The van der Waals surface area contributed by atoms with Crippen molar-refractivity contribution in [2.45, 2.75) is 24.3 Å². The Hall–Kier alpha value is 0.769. The Kier molecular flexibility index (Phi) is 6.94. The summed E-state index contributed by atoms with van der Waals surface area (Å²) < 4.78 is 2.68. The fourth-order valence-electron chi connectivity index (χ4n) is 2.43. The van der Waals surface area contributed by atoms with E-state index in [1.807, 2.05) is 11.8 Å².